The fourth-order valence-electron chi connectivity index (χ4n) is 3.54. The van der Waals surface area contributed by atoms with Crippen LogP contribution in [0.25, 0.3) is 0 Å². The topological polar surface area (TPSA) is 197 Å². The van der Waals surface area contributed by atoms with Crippen LogP contribution in [0, 0.1) is 5.92 Å². The lowest BCUT2D eigenvalue weighted by Gasteiger charge is -2.27. The number of hydrogen-bond donors (Lipinski definition) is 7. The number of phenols is 1. The summed E-state index contributed by atoms with van der Waals surface area (Å²) in [5.74, 6) is -2.58. The van der Waals surface area contributed by atoms with Crippen LogP contribution in [0.5, 0.6) is 5.75 Å². The van der Waals surface area contributed by atoms with E-state index >= 15 is 0 Å². The van der Waals surface area contributed by atoms with Crippen LogP contribution in [0.3, 0.4) is 0 Å². The largest absolute Gasteiger partial charge is 0.508 e. The van der Waals surface area contributed by atoms with Crippen LogP contribution < -0.4 is 27.4 Å². The molecule has 208 valence electrons. The number of rotatable bonds is 17. The van der Waals surface area contributed by atoms with E-state index in [9.17, 15) is 29.4 Å². The molecule has 0 heterocycles. The summed E-state index contributed by atoms with van der Waals surface area (Å²) >= 11 is 1.48. The van der Waals surface area contributed by atoms with E-state index in [-0.39, 0.29) is 24.5 Å². The number of phenolic OH excluding ortho intramolecular Hbond substituents is 1. The normalized spacial score (nSPS) is 14.3. The maximum atomic E-state index is 13.1. The van der Waals surface area contributed by atoms with Crippen molar-refractivity contribution in [1.29, 1.82) is 0 Å². The highest BCUT2D eigenvalue weighted by Crippen LogP contribution is 2.12. The SMILES string of the molecule is CSCCC(NC(=O)C(NC(=O)C(N)CCCCN)C(C)C)C(=O)NC(Cc1ccc(O)cc1)C(=O)O. The van der Waals surface area contributed by atoms with Gasteiger partial charge >= 0.3 is 5.97 Å². The lowest BCUT2D eigenvalue weighted by Crippen LogP contribution is -2.58. The van der Waals surface area contributed by atoms with Crippen molar-refractivity contribution in [2.45, 2.75) is 70.1 Å². The fourth-order valence-corrected chi connectivity index (χ4v) is 4.01. The minimum absolute atomic E-state index is 0.00271. The highest BCUT2D eigenvalue weighted by Gasteiger charge is 2.31. The summed E-state index contributed by atoms with van der Waals surface area (Å²) in [7, 11) is 0. The zero-order valence-corrected chi connectivity index (χ0v) is 22.6. The molecule has 0 bridgehead atoms. The fraction of sp³-hybridized carbons (Fsp3) is 0.600. The molecule has 0 fully saturated rings. The molecule has 1 rings (SSSR count). The zero-order valence-electron chi connectivity index (χ0n) is 21.7. The van der Waals surface area contributed by atoms with E-state index in [1.165, 1.54) is 23.9 Å². The number of carboxylic acid groups (broad SMARTS) is 1. The number of aromatic hydroxyl groups is 1. The standard InChI is InChI=1S/C25H41N5O6S/c1-15(2)21(30-22(32)18(27)6-4-5-12-26)24(34)28-19(11-13-37-3)23(33)29-20(25(35)36)14-16-7-9-17(31)10-8-16/h7-10,15,18-21,31H,4-6,11-14,26-27H2,1-3H3,(H,28,34)(H,29,33)(H,30,32)(H,35,36). The summed E-state index contributed by atoms with van der Waals surface area (Å²) in [5, 5.41) is 27.0. The minimum atomic E-state index is -1.24. The van der Waals surface area contributed by atoms with Crippen molar-refractivity contribution in [1.82, 2.24) is 16.0 Å². The Hall–Kier alpha value is -2.83. The molecule has 0 saturated heterocycles. The van der Waals surface area contributed by atoms with Crippen LogP contribution in [0.2, 0.25) is 0 Å². The first-order chi connectivity index (χ1) is 17.5. The summed E-state index contributed by atoms with van der Waals surface area (Å²) in [5.41, 5.74) is 12.0. The Balaban J connectivity index is 2.92. The van der Waals surface area contributed by atoms with E-state index in [1.807, 2.05) is 6.26 Å². The van der Waals surface area contributed by atoms with Gasteiger partial charge in [0.2, 0.25) is 17.7 Å². The van der Waals surface area contributed by atoms with Gasteiger partial charge < -0.3 is 37.6 Å². The second-order valence-corrected chi connectivity index (χ2v) is 10.2. The third-order valence-electron chi connectivity index (χ3n) is 5.79. The van der Waals surface area contributed by atoms with Gasteiger partial charge in [-0.1, -0.05) is 32.4 Å². The first-order valence-electron chi connectivity index (χ1n) is 12.4. The minimum Gasteiger partial charge on any atom is -0.508 e. The summed E-state index contributed by atoms with van der Waals surface area (Å²) in [4.78, 5) is 50.5. The quantitative estimate of drug-likeness (QED) is 0.136. The van der Waals surface area contributed by atoms with Crippen molar-refractivity contribution in [2.24, 2.45) is 17.4 Å². The molecule has 37 heavy (non-hydrogen) atoms. The molecule has 9 N–H and O–H groups in total. The summed E-state index contributed by atoms with van der Waals surface area (Å²) < 4.78 is 0. The maximum Gasteiger partial charge on any atom is 0.326 e. The molecule has 0 aromatic heterocycles. The Bertz CT molecular complexity index is 883. The molecule has 1 aromatic carbocycles. The van der Waals surface area contributed by atoms with Gasteiger partial charge in [0.05, 0.1) is 6.04 Å². The van der Waals surface area contributed by atoms with Gasteiger partial charge in [-0.2, -0.15) is 11.8 Å². The molecule has 0 saturated carbocycles. The molecule has 4 unspecified atom stereocenters. The molecule has 3 amide bonds. The Morgan fingerprint density at radius 1 is 0.919 bits per heavy atom. The molecule has 0 aliphatic rings. The van der Waals surface area contributed by atoms with E-state index in [4.69, 9.17) is 11.5 Å². The van der Waals surface area contributed by atoms with Crippen LogP contribution in [0.4, 0.5) is 0 Å². The van der Waals surface area contributed by atoms with Gasteiger partial charge in [-0.05, 0) is 61.4 Å². The number of thioether (sulfide) groups is 1. The molecule has 12 heteroatoms. The van der Waals surface area contributed by atoms with E-state index in [2.05, 4.69) is 16.0 Å². The number of nitrogens with one attached hydrogen (secondary N) is 3. The van der Waals surface area contributed by atoms with Gasteiger partial charge in [0.1, 0.15) is 23.9 Å². The van der Waals surface area contributed by atoms with Crippen molar-refractivity contribution in [3.8, 4) is 5.75 Å². The number of amides is 3. The Morgan fingerprint density at radius 3 is 2.08 bits per heavy atom. The number of benzene rings is 1. The maximum absolute atomic E-state index is 13.1. The van der Waals surface area contributed by atoms with Crippen LogP contribution in [-0.2, 0) is 25.6 Å². The van der Waals surface area contributed by atoms with Crippen LogP contribution in [0.1, 0.15) is 45.1 Å². The average molecular weight is 540 g/mol. The molecule has 0 aliphatic heterocycles. The molecule has 0 spiro atoms. The van der Waals surface area contributed by atoms with Crippen LogP contribution in [-0.4, -0.2) is 76.6 Å². The van der Waals surface area contributed by atoms with E-state index < -0.39 is 47.9 Å². The zero-order chi connectivity index (χ0) is 28.0. The van der Waals surface area contributed by atoms with Crippen molar-refractivity contribution >= 4 is 35.5 Å². The molecular formula is C25H41N5O6S. The number of unbranched alkanes of at least 4 members (excludes halogenated alkanes) is 1. The summed E-state index contributed by atoms with van der Waals surface area (Å²) in [6.45, 7) is 4.03. The Kier molecular flexibility index (Phi) is 14.6. The lowest BCUT2D eigenvalue weighted by molar-refractivity contribution is -0.142. The Morgan fingerprint density at radius 2 is 1.54 bits per heavy atom. The molecule has 4 atom stereocenters. The predicted octanol–water partition coefficient (Wildman–Crippen LogP) is 0.339. The van der Waals surface area contributed by atoms with Crippen molar-refractivity contribution in [2.75, 3.05) is 18.6 Å². The highest BCUT2D eigenvalue weighted by molar-refractivity contribution is 7.98. The van der Waals surface area contributed by atoms with Crippen molar-refractivity contribution in [3.05, 3.63) is 29.8 Å². The molecular weight excluding hydrogens is 498 g/mol. The molecule has 0 radical (unpaired) electrons. The Labute approximate surface area is 222 Å². The highest BCUT2D eigenvalue weighted by atomic mass is 32.2. The van der Waals surface area contributed by atoms with Crippen molar-refractivity contribution < 1.29 is 29.4 Å². The molecule has 1 aromatic rings. The van der Waals surface area contributed by atoms with Crippen LogP contribution >= 0.6 is 11.8 Å². The second kappa shape index (κ2) is 16.8. The third-order valence-corrected chi connectivity index (χ3v) is 6.43. The smallest absolute Gasteiger partial charge is 0.326 e. The third kappa shape index (κ3) is 11.8. The number of carbonyl (C=O) groups is 4. The number of carboxylic acids is 1. The molecule has 11 nitrogen and oxygen atoms in total. The lowest BCUT2D eigenvalue weighted by atomic mass is 10.0. The van der Waals surface area contributed by atoms with Crippen molar-refractivity contribution in [3.63, 3.8) is 0 Å². The second-order valence-electron chi connectivity index (χ2n) is 9.23. The number of aliphatic carboxylic acids is 1. The van der Waals surface area contributed by atoms with E-state index in [0.29, 0.717) is 30.7 Å². The first kappa shape index (κ1) is 32.2. The molecule has 0 aliphatic carbocycles. The van der Waals surface area contributed by atoms with E-state index in [0.717, 1.165) is 6.42 Å². The van der Waals surface area contributed by atoms with Gasteiger partial charge in [0.25, 0.3) is 0 Å². The first-order valence-corrected chi connectivity index (χ1v) is 13.8. The van der Waals surface area contributed by atoms with Gasteiger partial charge in [-0.15, -0.1) is 0 Å². The predicted molar refractivity (Wildman–Crippen MR) is 144 cm³/mol. The summed E-state index contributed by atoms with van der Waals surface area (Å²) in [6.07, 6.45) is 3.98. The number of hydrogen-bond acceptors (Lipinski definition) is 8. The van der Waals surface area contributed by atoms with Gasteiger partial charge in [0.15, 0.2) is 0 Å². The van der Waals surface area contributed by atoms with Gasteiger partial charge in [-0.25, -0.2) is 4.79 Å². The number of nitrogens with two attached hydrogens (primary N) is 2. The van der Waals surface area contributed by atoms with Gasteiger partial charge in [0, 0.05) is 6.42 Å². The van der Waals surface area contributed by atoms with E-state index in [1.54, 1.807) is 26.0 Å². The number of carbonyl (C=O) groups excluding carboxylic acids is 3. The van der Waals surface area contributed by atoms with Gasteiger partial charge in [-0.3, -0.25) is 14.4 Å². The monoisotopic (exact) mass is 539 g/mol. The summed E-state index contributed by atoms with van der Waals surface area (Å²) in [6, 6.07) is 2.06. The average Bonchev–Trinajstić information content (AvgIpc) is 2.85. The van der Waals surface area contributed by atoms with Crippen LogP contribution in [0.15, 0.2) is 24.3 Å².